The summed E-state index contributed by atoms with van der Waals surface area (Å²) in [4.78, 5) is 31.0. The number of piperidine rings is 1. The Morgan fingerprint density at radius 3 is 2.79 bits per heavy atom. The molecule has 1 unspecified atom stereocenters. The third-order valence-electron chi connectivity index (χ3n) is 4.44. The molecule has 0 aliphatic carbocycles. The lowest BCUT2D eigenvalue weighted by molar-refractivity contribution is -0.150. The van der Waals surface area contributed by atoms with Crippen LogP contribution in [0.1, 0.15) is 35.1 Å². The molecule has 3 rings (SSSR count). The minimum Gasteiger partial charge on any atom is -0.481 e. The lowest BCUT2D eigenvalue weighted by Gasteiger charge is -2.37. The normalized spacial score (nSPS) is 21.0. The standard InChI is InChI=1S/C16H20N4O3S/c1-10-12(24-13(18-10)11-7-17-19(3)8-11)14(21)20-6-4-5-16(2,9-20)15(22)23/h7-8H,4-6,9H2,1-3H3,(H,22,23). The van der Waals surface area contributed by atoms with E-state index in [2.05, 4.69) is 10.1 Å². The van der Waals surface area contributed by atoms with Crippen LogP contribution in [0, 0.1) is 12.3 Å². The van der Waals surface area contributed by atoms with E-state index in [1.807, 2.05) is 20.2 Å². The van der Waals surface area contributed by atoms with Gasteiger partial charge >= 0.3 is 5.97 Å². The van der Waals surface area contributed by atoms with Gasteiger partial charge in [-0.3, -0.25) is 14.3 Å². The molecule has 24 heavy (non-hydrogen) atoms. The van der Waals surface area contributed by atoms with Gasteiger partial charge in [-0.1, -0.05) is 0 Å². The highest BCUT2D eigenvalue weighted by atomic mass is 32.1. The number of hydrogen-bond donors (Lipinski definition) is 1. The molecule has 1 aliphatic heterocycles. The molecule has 1 amide bonds. The van der Waals surface area contributed by atoms with Crippen molar-refractivity contribution in [2.75, 3.05) is 13.1 Å². The Bertz CT molecular complexity index is 797. The van der Waals surface area contributed by atoms with Gasteiger partial charge in [0.05, 0.1) is 17.3 Å². The molecule has 0 spiro atoms. The molecule has 1 saturated heterocycles. The van der Waals surface area contributed by atoms with Crippen molar-refractivity contribution in [1.29, 1.82) is 0 Å². The number of aryl methyl sites for hydroxylation is 2. The third-order valence-corrected chi connectivity index (χ3v) is 5.64. The first kappa shape index (κ1) is 16.6. The van der Waals surface area contributed by atoms with Crippen LogP contribution in [-0.2, 0) is 11.8 Å². The van der Waals surface area contributed by atoms with Crippen molar-refractivity contribution in [3.05, 3.63) is 23.0 Å². The molecule has 7 nitrogen and oxygen atoms in total. The van der Waals surface area contributed by atoms with Crippen molar-refractivity contribution in [1.82, 2.24) is 19.7 Å². The fraction of sp³-hybridized carbons (Fsp3) is 0.500. The molecular weight excluding hydrogens is 328 g/mol. The van der Waals surface area contributed by atoms with Crippen LogP contribution in [0.15, 0.2) is 12.4 Å². The molecular formula is C16H20N4O3S. The summed E-state index contributed by atoms with van der Waals surface area (Å²) in [6.07, 6.45) is 4.86. The van der Waals surface area contributed by atoms with Crippen molar-refractivity contribution in [3.8, 4) is 10.6 Å². The van der Waals surface area contributed by atoms with E-state index in [1.165, 1.54) is 11.3 Å². The molecule has 2 aromatic rings. The van der Waals surface area contributed by atoms with E-state index >= 15 is 0 Å². The lowest BCUT2D eigenvalue weighted by Crippen LogP contribution is -2.48. The summed E-state index contributed by atoms with van der Waals surface area (Å²) in [7, 11) is 1.83. The number of aromatic nitrogens is 3. The summed E-state index contributed by atoms with van der Waals surface area (Å²) in [5.41, 5.74) is 0.670. The van der Waals surface area contributed by atoms with Crippen LogP contribution >= 0.6 is 11.3 Å². The first-order valence-electron chi connectivity index (χ1n) is 7.79. The molecule has 0 aromatic carbocycles. The SMILES string of the molecule is Cc1nc(-c2cnn(C)c2)sc1C(=O)N1CCCC(C)(C(=O)O)C1. The van der Waals surface area contributed by atoms with Crippen molar-refractivity contribution >= 4 is 23.2 Å². The number of nitrogens with zero attached hydrogens (tertiary/aromatic N) is 4. The highest BCUT2D eigenvalue weighted by Gasteiger charge is 2.40. The number of likely N-dealkylation sites (tertiary alicyclic amines) is 1. The van der Waals surface area contributed by atoms with Gasteiger partial charge in [0.1, 0.15) is 9.88 Å². The lowest BCUT2D eigenvalue weighted by atomic mass is 9.82. The highest BCUT2D eigenvalue weighted by molar-refractivity contribution is 7.17. The largest absolute Gasteiger partial charge is 0.481 e. The van der Waals surface area contributed by atoms with Gasteiger partial charge in [-0.15, -0.1) is 11.3 Å². The molecule has 0 bridgehead atoms. The van der Waals surface area contributed by atoms with E-state index in [4.69, 9.17) is 0 Å². The van der Waals surface area contributed by atoms with Crippen LogP contribution in [0.2, 0.25) is 0 Å². The number of carboxylic acids is 1. The van der Waals surface area contributed by atoms with Crippen LogP contribution in [0.3, 0.4) is 0 Å². The average Bonchev–Trinajstić information content (AvgIpc) is 3.12. The Balaban J connectivity index is 1.85. The maximum atomic E-state index is 12.9. The Morgan fingerprint density at radius 2 is 2.17 bits per heavy atom. The highest BCUT2D eigenvalue weighted by Crippen LogP contribution is 2.33. The fourth-order valence-corrected chi connectivity index (χ4v) is 3.99. The zero-order valence-corrected chi connectivity index (χ0v) is 14.8. The molecule has 1 N–H and O–H groups in total. The minimum atomic E-state index is -0.876. The van der Waals surface area contributed by atoms with Crippen LogP contribution in [-0.4, -0.2) is 49.7 Å². The van der Waals surface area contributed by atoms with Gasteiger partial charge in [0.25, 0.3) is 5.91 Å². The predicted molar refractivity (Wildman–Crippen MR) is 89.9 cm³/mol. The molecule has 1 atom stereocenters. The zero-order valence-electron chi connectivity index (χ0n) is 13.9. The summed E-state index contributed by atoms with van der Waals surface area (Å²) in [5.74, 6) is -0.982. The number of rotatable bonds is 3. The second kappa shape index (κ2) is 6.01. The summed E-state index contributed by atoms with van der Waals surface area (Å²) < 4.78 is 1.69. The monoisotopic (exact) mass is 348 g/mol. The maximum absolute atomic E-state index is 12.9. The van der Waals surface area contributed by atoms with Gasteiger partial charge in [0.15, 0.2) is 0 Å². The summed E-state index contributed by atoms with van der Waals surface area (Å²) >= 11 is 1.33. The van der Waals surface area contributed by atoms with E-state index < -0.39 is 11.4 Å². The van der Waals surface area contributed by atoms with Crippen molar-refractivity contribution < 1.29 is 14.7 Å². The second-order valence-corrected chi connectivity index (χ2v) is 7.53. The van der Waals surface area contributed by atoms with Crippen molar-refractivity contribution in [2.45, 2.75) is 26.7 Å². The summed E-state index contributed by atoms with van der Waals surface area (Å²) in [5, 5.41) is 14.3. The van der Waals surface area contributed by atoms with Gasteiger partial charge in [-0.2, -0.15) is 5.10 Å². The smallest absolute Gasteiger partial charge is 0.311 e. The van der Waals surface area contributed by atoms with Gasteiger partial charge < -0.3 is 10.0 Å². The minimum absolute atomic E-state index is 0.132. The number of carbonyl (C=O) groups excluding carboxylic acids is 1. The Kier molecular flexibility index (Phi) is 4.16. The van der Waals surface area contributed by atoms with Gasteiger partial charge in [-0.25, -0.2) is 4.98 Å². The molecule has 8 heteroatoms. The van der Waals surface area contributed by atoms with Crippen LogP contribution < -0.4 is 0 Å². The van der Waals surface area contributed by atoms with E-state index in [9.17, 15) is 14.7 Å². The van der Waals surface area contributed by atoms with Crippen molar-refractivity contribution in [2.24, 2.45) is 12.5 Å². The first-order chi connectivity index (χ1) is 11.3. The van der Waals surface area contributed by atoms with Crippen LogP contribution in [0.25, 0.3) is 10.6 Å². The third kappa shape index (κ3) is 2.93. The molecule has 1 fully saturated rings. The van der Waals surface area contributed by atoms with Gasteiger partial charge in [0.2, 0.25) is 0 Å². The molecule has 0 radical (unpaired) electrons. The average molecular weight is 348 g/mol. The van der Waals surface area contributed by atoms with E-state index in [1.54, 1.807) is 22.7 Å². The van der Waals surface area contributed by atoms with E-state index in [0.717, 1.165) is 10.6 Å². The van der Waals surface area contributed by atoms with E-state index in [-0.39, 0.29) is 12.5 Å². The number of carboxylic acid groups (broad SMARTS) is 1. The molecule has 0 saturated carbocycles. The predicted octanol–water partition coefficient (Wildman–Crippen LogP) is 2.18. The number of aliphatic carboxylic acids is 1. The number of hydrogen-bond acceptors (Lipinski definition) is 5. The zero-order chi connectivity index (χ0) is 17.5. The number of thiazole rings is 1. The van der Waals surface area contributed by atoms with E-state index in [0.29, 0.717) is 30.0 Å². The van der Waals surface area contributed by atoms with Crippen LogP contribution in [0.4, 0.5) is 0 Å². The molecule has 2 aromatic heterocycles. The van der Waals surface area contributed by atoms with Gasteiger partial charge in [0, 0.05) is 31.9 Å². The quantitative estimate of drug-likeness (QED) is 0.918. The molecule has 128 valence electrons. The fourth-order valence-electron chi connectivity index (χ4n) is 2.98. The van der Waals surface area contributed by atoms with Crippen LogP contribution in [0.5, 0.6) is 0 Å². The molecule has 1 aliphatic rings. The number of carbonyl (C=O) groups is 2. The molecule has 3 heterocycles. The Morgan fingerprint density at radius 1 is 1.42 bits per heavy atom. The maximum Gasteiger partial charge on any atom is 0.311 e. The summed E-state index contributed by atoms with van der Waals surface area (Å²) in [6, 6.07) is 0. The van der Waals surface area contributed by atoms with Gasteiger partial charge in [-0.05, 0) is 26.7 Å². The first-order valence-corrected chi connectivity index (χ1v) is 8.61. The van der Waals surface area contributed by atoms with Crippen molar-refractivity contribution in [3.63, 3.8) is 0 Å². The topological polar surface area (TPSA) is 88.3 Å². The Hall–Kier alpha value is -2.22. The summed E-state index contributed by atoms with van der Waals surface area (Å²) in [6.45, 7) is 4.33. The number of amides is 1. The second-order valence-electron chi connectivity index (χ2n) is 6.53. The Labute approximate surface area is 143 Å².